The quantitative estimate of drug-likeness (QED) is 0.147. The number of hydrogen-bond donors (Lipinski definition) is 0. The molecule has 0 heterocycles. The smallest absolute Gasteiger partial charge is 0.338 e. The van der Waals surface area contributed by atoms with Crippen LogP contribution in [0.25, 0.3) is 11.1 Å². The lowest BCUT2D eigenvalue weighted by Crippen LogP contribution is -2.28. The molecule has 182 valence electrons. The minimum Gasteiger partial charge on any atom is -0.423 e. The number of carbonyl (C=O) groups is 2. The van der Waals surface area contributed by atoms with Gasteiger partial charge in [-0.05, 0) is 71.5 Å². The Balaban J connectivity index is 1.79. The molecule has 4 heteroatoms. The van der Waals surface area contributed by atoms with Crippen molar-refractivity contribution in [2.24, 2.45) is 0 Å². The zero-order valence-electron chi connectivity index (χ0n) is 20.8. The Morgan fingerprint density at radius 3 is 1.41 bits per heavy atom. The van der Waals surface area contributed by atoms with Gasteiger partial charge in [-0.1, -0.05) is 86.0 Å². The van der Waals surface area contributed by atoms with Crippen LogP contribution in [0.4, 0.5) is 0 Å². The van der Waals surface area contributed by atoms with Crippen molar-refractivity contribution < 1.29 is 19.1 Å². The van der Waals surface area contributed by atoms with Gasteiger partial charge in [0.1, 0.15) is 11.5 Å². The molecule has 5 rings (SSSR count). The van der Waals surface area contributed by atoms with E-state index >= 15 is 0 Å². The van der Waals surface area contributed by atoms with Crippen LogP contribution in [0, 0.1) is 0 Å². The highest BCUT2D eigenvalue weighted by Crippen LogP contribution is 2.56. The van der Waals surface area contributed by atoms with Crippen LogP contribution in [0.5, 0.6) is 11.5 Å². The van der Waals surface area contributed by atoms with Crippen LogP contribution in [0.1, 0.15) is 36.1 Å². The average Bonchev–Trinajstić information content (AvgIpc) is 3.20. The largest absolute Gasteiger partial charge is 0.423 e. The predicted molar refractivity (Wildman–Crippen MR) is 145 cm³/mol. The van der Waals surface area contributed by atoms with Crippen LogP contribution in [0.2, 0.25) is 0 Å². The Labute approximate surface area is 216 Å². The van der Waals surface area contributed by atoms with Crippen LogP contribution < -0.4 is 9.47 Å². The van der Waals surface area contributed by atoms with E-state index in [4.69, 9.17) is 9.47 Å². The predicted octanol–water partition coefficient (Wildman–Crippen LogP) is 7.01. The van der Waals surface area contributed by atoms with Crippen LogP contribution >= 0.6 is 0 Å². The van der Waals surface area contributed by atoms with Crippen molar-refractivity contribution in [2.45, 2.75) is 19.3 Å². The Kier molecular flexibility index (Phi) is 6.10. The van der Waals surface area contributed by atoms with E-state index in [2.05, 4.69) is 37.4 Å². The molecule has 1 aliphatic rings. The van der Waals surface area contributed by atoms with Crippen molar-refractivity contribution in [3.63, 3.8) is 0 Å². The molecule has 0 radical (unpaired) electrons. The first-order valence-electron chi connectivity index (χ1n) is 12.0. The summed E-state index contributed by atoms with van der Waals surface area (Å²) in [6, 6.07) is 31.7. The summed E-state index contributed by atoms with van der Waals surface area (Å²) in [5.74, 6) is -0.104. The molecule has 0 aliphatic heterocycles. The lowest BCUT2D eigenvalue weighted by atomic mass is 9.67. The molecule has 0 aromatic heterocycles. The highest BCUT2D eigenvalue weighted by atomic mass is 16.5. The molecular weight excluding hydrogens is 460 g/mol. The first-order valence-corrected chi connectivity index (χ1v) is 12.0. The van der Waals surface area contributed by atoms with E-state index in [1.54, 1.807) is 26.0 Å². The van der Waals surface area contributed by atoms with Gasteiger partial charge in [-0.15, -0.1) is 0 Å². The maximum atomic E-state index is 12.3. The van der Waals surface area contributed by atoms with Crippen molar-refractivity contribution in [1.29, 1.82) is 0 Å². The second kappa shape index (κ2) is 9.40. The average molecular weight is 487 g/mol. The summed E-state index contributed by atoms with van der Waals surface area (Å²) >= 11 is 0. The molecule has 4 nitrogen and oxygen atoms in total. The fourth-order valence-electron chi connectivity index (χ4n) is 5.00. The topological polar surface area (TPSA) is 52.6 Å². The van der Waals surface area contributed by atoms with Crippen molar-refractivity contribution in [1.82, 2.24) is 0 Å². The van der Waals surface area contributed by atoms with Gasteiger partial charge in [0.2, 0.25) is 0 Å². The minimum atomic E-state index is -0.746. The SMILES string of the molecule is C=C(C)C(=O)Oc1cccc(C2(c3cccc(OC(=O)C(=C)C)c3)c3ccccc3-c3ccccc32)c1. The number of rotatable bonds is 6. The first kappa shape index (κ1) is 24.0. The van der Waals surface area contributed by atoms with E-state index in [0.29, 0.717) is 22.6 Å². The Morgan fingerprint density at radius 2 is 1.00 bits per heavy atom. The van der Waals surface area contributed by atoms with Gasteiger partial charge in [-0.2, -0.15) is 0 Å². The molecule has 0 spiro atoms. The molecular formula is C33H26O4. The first-order chi connectivity index (χ1) is 17.8. The zero-order chi connectivity index (χ0) is 26.2. The number of fused-ring (bicyclic) bond motifs is 3. The van der Waals surface area contributed by atoms with Gasteiger partial charge in [0.25, 0.3) is 0 Å². The highest BCUT2D eigenvalue weighted by molar-refractivity contribution is 5.90. The Bertz CT molecular complexity index is 1460. The summed E-state index contributed by atoms with van der Waals surface area (Å²) in [5, 5.41) is 0. The molecule has 37 heavy (non-hydrogen) atoms. The third kappa shape index (κ3) is 4.07. The summed E-state index contributed by atoms with van der Waals surface area (Å²) in [4.78, 5) is 24.6. The van der Waals surface area contributed by atoms with Crippen LogP contribution in [-0.4, -0.2) is 11.9 Å². The van der Waals surface area contributed by atoms with Crippen molar-refractivity contribution >= 4 is 11.9 Å². The van der Waals surface area contributed by atoms with Gasteiger partial charge < -0.3 is 9.47 Å². The Hall–Kier alpha value is -4.70. The molecule has 0 unspecified atom stereocenters. The maximum Gasteiger partial charge on any atom is 0.338 e. The van der Waals surface area contributed by atoms with Crippen LogP contribution in [0.3, 0.4) is 0 Å². The van der Waals surface area contributed by atoms with Gasteiger partial charge in [0.15, 0.2) is 0 Å². The molecule has 0 fully saturated rings. The van der Waals surface area contributed by atoms with Gasteiger partial charge in [-0.25, -0.2) is 9.59 Å². The van der Waals surface area contributed by atoms with E-state index in [0.717, 1.165) is 33.4 Å². The molecule has 0 saturated heterocycles. The van der Waals surface area contributed by atoms with Crippen molar-refractivity contribution in [2.75, 3.05) is 0 Å². The van der Waals surface area contributed by atoms with E-state index in [1.165, 1.54) is 0 Å². The standard InChI is InChI=1S/C33H26O4/c1-21(2)31(34)36-25-13-9-11-23(19-25)33(24-12-10-14-26(20-24)37-32(35)22(3)4)29-17-7-5-15-27(29)28-16-6-8-18-30(28)33/h5-20H,1,3H2,2,4H3. The third-order valence-electron chi connectivity index (χ3n) is 6.60. The van der Waals surface area contributed by atoms with Crippen LogP contribution in [0.15, 0.2) is 121 Å². The molecule has 0 atom stereocenters. The number of carbonyl (C=O) groups excluding carboxylic acids is 2. The van der Waals surface area contributed by atoms with E-state index in [9.17, 15) is 9.59 Å². The monoisotopic (exact) mass is 486 g/mol. The van der Waals surface area contributed by atoms with E-state index in [-0.39, 0.29) is 0 Å². The lowest BCUT2D eigenvalue weighted by molar-refractivity contribution is -0.130. The summed E-state index contributed by atoms with van der Waals surface area (Å²) in [6.45, 7) is 10.6. The van der Waals surface area contributed by atoms with Gasteiger partial charge >= 0.3 is 11.9 Å². The molecule has 0 bridgehead atoms. The number of esters is 2. The number of hydrogen-bond acceptors (Lipinski definition) is 4. The van der Waals surface area contributed by atoms with E-state index < -0.39 is 17.4 Å². The zero-order valence-corrected chi connectivity index (χ0v) is 20.8. The fraction of sp³-hybridized carbons (Fsp3) is 0.0909. The second-order valence-corrected chi connectivity index (χ2v) is 9.24. The summed E-state index contributed by atoms with van der Waals surface area (Å²) in [6.07, 6.45) is 0. The molecule has 0 amide bonds. The lowest BCUT2D eigenvalue weighted by Gasteiger charge is -2.34. The van der Waals surface area contributed by atoms with Gasteiger partial charge in [-0.3, -0.25) is 0 Å². The summed E-state index contributed by atoms with van der Waals surface area (Å²) in [5.41, 5.74) is 6.14. The van der Waals surface area contributed by atoms with Gasteiger partial charge in [0, 0.05) is 11.1 Å². The van der Waals surface area contributed by atoms with Gasteiger partial charge in [0.05, 0.1) is 5.41 Å². The summed E-state index contributed by atoms with van der Waals surface area (Å²) in [7, 11) is 0. The third-order valence-corrected chi connectivity index (χ3v) is 6.60. The number of ether oxygens (including phenoxy) is 2. The molecule has 4 aromatic rings. The number of benzene rings is 4. The van der Waals surface area contributed by atoms with E-state index in [1.807, 2.05) is 60.7 Å². The Morgan fingerprint density at radius 1 is 0.595 bits per heavy atom. The second-order valence-electron chi connectivity index (χ2n) is 9.24. The molecule has 1 aliphatic carbocycles. The highest BCUT2D eigenvalue weighted by Gasteiger charge is 2.46. The summed E-state index contributed by atoms with van der Waals surface area (Å²) < 4.78 is 11.2. The molecule has 4 aromatic carbocycles. The van der Waals surface area contributed by atoms with Crippen LogP contribution in [-0.2, 0) is 15.0 Å². The maximum absolute atomic E-state index is 12.3. The molecule has 0 N–H and O–H groups in total. The minimum absolute atomic E-state index is 0.323. The fourth-order valence-corrected chi connectivity index (χ4v) is 5.00. The molecule has 0 saturated carbocycles. The normalized spacial score (nSPS) is 12.7. The van der Waals surface area contributed by atoms with Crippen molar-refractivity contribution in [3.05, 3.63) is 144 Å². The van der Waals surface area contributed by atoms with Crippen molar-refractivity contribution in [3.8, 4) is 22.6 Å².